The molecule has 0 amide bonds. The highest BCUT2D eigenvalue weighted by Crippen LogP contribution is 2.32. The second-order valence-electron chi connectivity index (χ2n) is 7.53. The fraction of sp³-hybridized carbons (Fsp3) is 0.125. The molecule has 1 N–H and O–H groups in total. The molecule has 9 nitrogen and oxygen atoms in total. The number of hydrogen-bond donors (Lipinski definition) is 1. The maximum Gasteiger partial charge on any atom is 0.333 e. The summed E-state index contributed by atoms with van der Waals surface area (Å²) in [6.07, 6.45) is 1.18. The molecular weight excluding hydrogens is 497 g/mol. The van der Waals surface area contributed by atoms with E-state index in [1.807, 2.05) is 6.07 Å². The number of ketones is 1. The summed E-state index contributed by atoms with van der Waals surface area (Å²) in [7, 11) is 1.14. The van der Waals surface area contributed by atoms with Crippen molar-refractivity contribution in [2.45, 2.75) is 13.1 Å². The summed E-state index contributed by atoms with van der Waals surface area (Å²) in [5, 5.41) is 10.2. The minimum absolute atomic E-state index is 0.0230. The Labute approximate surface area is 207 Å². The van der Waals surface area contributed by atoms with Crippen LogP contribution >= 0.6 is 23.2 Å². The third kappa shape index (κ3) is 4.68. The number of phenolic OH excluding ortho intramolecular Hbond substituents is 1. The number of ether oxygens (including phenoxy) is 1. The molecule has 2 aromatic carbocycles. The van der Waals surface area contributed by atoms with Gasteiger partial charge in [-0.05, 0) is 23.8 Å². The molecule has 178 valence electrons. The van der Waals surface area contributed by atoms with Crippen molar-refractivity contribution in [2.75, 3.05) is 7.11 Å². The van der Waals surface area contributed by atoms with Crippen LogP contribution in [0.5, 0.6) is 5.75 Å². The number of carbonyl (C=O) groups excluding carboxylic acids is 2. The summed E-state index contributed by atoms with van der Waals surface area (Å²) in [6, 6.07) is 12.7. The normalized spacial score (nSPS) is 10.9. The summed E-state index contributed by atoms with van der Waals surface area (Å²) in [4.78, 5) is 55.6. The highest BCUT2D eigenvalue weighted by molar-refractivity contribution is 6.36. The number of esters is 1. The standard InChI is InChI=1S/C24H17Cl2N3O6/c1-35-19(30)12-29-23(33)17-7-14(20(31)16-8-15(25)9-18(26)21(16)32)10-27-22(17)28(24(29)34)11-13-5-3-2-4-6-13/h2-10,32H,11-12H2,1H3. The molecule has 0 atom stereocenters. The Bertz CT molecular complexity index is 1600. The maximum absolute atomic E-state index is 13.2. The lowest BCUT2D eigenvalue weighted by Crippen LogP contribution is -2.42. The first-order valence-corrected chi connectivity index (χ1v) is 10.9. The molecule has 4 aromatic rings. The van der Waals surface area contributed by atoms with Crippen molar-refractivity contribution < 1.29 is 19.4 Å². The van der Waals surface area contributed by atoms with Crippen LogP contribution in [0.2, 0.25) is 10.0 Å². The van der Waals surface area contributed by atoms with Crippen molar-refractivity contribution in [1.29, 1.82) is 0 Å². The zero-order valence-corrected chi connectivity index (χ0v) is 19.7. The molecule has 0 radical (unpaired) electrons. The zero-order valence-electron chi connectivity index (χ0n) is 18.2. The molecule has 0 aliphatic rings. The second-order valence-corrected chi connectivity index (χ2v) is 8.37. The Balaban J connectivity index is 1.94. The van der Waals surface area contributed by atoms with E-state index >= 15 is 0 Å². The average molecular weight is 514 g/mol. The van der Waals surface area contributed by atoms with Crippen LogP contribution in [0, 0.1) is 0 Å². The minimum atomic E-state index is -0.824. The van der Waals surface area contributed by atoms with Crippen LogP contribution in [0.15, 0.2) is 64.3 Å². The number of rotatable bonds is 6. The van der Waals surface area contributed by atoms with Crippen LogP contribution in [0.3, 0.4) is 0 Å². The van der Waals surface area contributed by atoms with Crippen LogP contribution in [0.25, 0.3) is 11.0 Å². The number of methoxy groups -OCH3 is 1. The molecule has 0 saturated heterocycles. The first-order chi connectivity index (χ1) is 16.7. The van der Waals surface area contributed by atoms with Crippen molar-refractivity contribution in [3.05, 3.63) is 102 Å². The SMILES string of the molecule is COC(=O)Cn1c(=O)c2cc(C(=O)c3cc(Cl)cc(Cl)c3O)cnc2n(Cc2ccccc2)c1=O. The Kier molecular flexibility index (Phi) is 6.72. The topological polar surface area (TPSA) is 120 Å². The molecule has 2 heterocycles. The molecule has 2 aromatic heterocycles. The summed E-state index contributed by atoms with van der Waals surface area (Å²) in [5.41, 5.74) is -1.05. The van der Waals surface area contributed by atoms with Gasteiger partial charge in [0, 0.05) is 16.8 Å². The minimum Gasteiger partial charge on any atom is -0.506 e. The number of nitrogens with zero attached hydrogens (tertiary/aromatic N) is 3. The number of aromatic hydroxyl groups is 1. The number of halogens is 2. The lowest BCUT2D eigenvalue weighted by atomic mass is 10.0. The molecule has 0 bridgehead atoms. The first-order valence-electron chi connectivity index (χ1n) is 10.2. The van der Waals surface area contributed by atoms with E-state index in [1.165, 1.54) is 29.0 Å². The van der Waals surface area contributed by atoms with Gasteiger partial charge in [-0.1, -0.05) is 53.5 Å². The molecule has 35 heavy (non-hydrogen) atoms. The molecule has 0 fully saturated rings. The smallest absolute Gasteiger partial charge is 0.333 e. The van der Waals surface area contributed by atoms with Gasteiger partial charge in [0.15, 0.2) is 5.78 Å². The van der Waals surface area contributed by atoms with Gasteiger partial charge < -0.3 is 9.84 Å². The Hall–Kier alpha value is -3.95. The molecule has 0 saturated carbocycles. The quantitative estimate of drug-likeness (QED) is 0.310. The molecule has 4 rings (SSSR count). The zero-order chi connectivity index (χ0) is 25.3. The van der Waals surface area contributed by atoms with E-state index in [9.17, 15) is 24.3 Å². The van der Waals surface area contributed by atoms with Crippen LogP contribution in [0.1, 0.15) is 21.5 Å². The largest absolute Gasteiger partial charge is 0.506 e. The molecule has 0 unspecified atom stereocenters. The van der Waals surface area contributed by atoms with Gasteiger partial charge in [0.2, 0.25) is 0 Å². The van der Waals surface area contributed by atoms with E-state index in [2.05, 4.69) is 9.72 Å². The van der Waals surface area contributed by atoms with E-state index < -0.39 is 35.3 Å². The molecule has 0 aliphatic heterocycles. The maximum atomic E-state index is 13.2. The van der Waals surface area contributed by atoms with Gasteiger partial charge in [-0.15, -0.1) is 0 Å². The third-order valence-electron chi connectivity index (χ3n) is 5.29. The number of aromatic nitrogens is 3. The summed E-state index contributed by atoms with van der Waals surface area (Å²) < 4.78 is 6.58. The van der Waals surface area contributed by atoms with Crippen molar-refractivity contribution in [2.24, 2.45) is 0 Å². The number of pyridine rings is 1. The average Bonchev–Trinajstić information content (AvgIpc) is 2.86. The number of hydrogen-bond acceptors (Lipinski definition) is 7. The number of benzene rings is 2. The van der Waals surface area contributed by atoms with Gasteiger partial charge >= 0.3 is 11.7 Å². The van der Waals surface area contributed by atoms with Gasteiger partial charge in [0.1, 0.15) is 17.9 Å². The fourth-order valence-corrected chi connectivity index (χ4v) is 4.05. The lowest BCUT2D eigenvalue weighted by Gasteiger charge is -2.14. The predicted octanol–water partition coefficient (Wildman–Crippen LogP) is 3.02. The van der Waals surface area contributed by atoms with Crippen molar-refractivity contribution >= 4 is 46.0 Å². The molecular formula is C24H17Cl2N3O6. The Morgan fingerprint density at radius 3 is 2.46 bits per heavy atom. The monoisotopic (exact) mass is 513 g/mol. The van der Waals surface area contributed by atoms with Gasteiger partial charge in [-0.25, -0.2) is 14.3 Å². The number of fused-ring (bicyclic) bond motifs is 1. The van der Waals surface area contributed by atoms with E-state index in [0.717, 1.165) is 17.2 Å². The Morgan fingerprint density at radius 1 is 1.06 bits per heavy atom. The van der Waals surface area contributed by atoms with E-state index in [-0.39, 0.29) is 38.8 Å². The first kappa shape index (κ1) is 24.2. The fourth-order valence-electron chi connectivity index (χ4n) is 3.56. The van der Waals surface area contributed by atoms with E-state index in [1.54, 1.807) is 24.3 Å². The van der Waals surface area contributed by atoms with Gasteiger partial charge in [0.25, 0.3) is 5.56 Å². The van der Waals surface area contributed by atoms with Gasteiger partial charge in [-0.3, -0.25) is 19.0 Å². The number of phenols is 1. The molecule has 0 aliphatic carbocycles. The van der Waals surface area contributed by atoms with Crippen LogP contribution in [-0.4, -0.2) is 38.1 Å². The number of carbonyl (C=O) groups is 2. The summed E-state index contributed by atoms with van der Waals surface area (Å²) >= 11 is 11.9. The highest BCUT2D eigenvalue weighted by Gasteiger charge is 2.21. The molecule has 0 spiro atoms. The van der Waals surface area contributed by atoms with E-state index in [0.29, 0.717) is 0 Å². The van der Waals surface area contributed by atoms with Crippen LogP contribution < -0.4 is 11.2 Å². The lowest BCUT2D eigenvalue weighted by molar-refractivity contribution is -0.141. The van der Waals surface area contributed by atoms with Crippen molar-refractivity contribution in [1.82, 2.24) is 14.1 Å². The summed E-state index contributed by atoms with van der Waals surface area (Å²) in [6.45, 7) is -0.565. The summed E-state index contributed by atoms with van der Waals surface area (Å²) in [5.74, 6) is -1.96. The Morgan fingerprint density at radius 2 is 1.77 bits per heavy atom. The van der Waals surface area contributed by atoms with Crippen LogP contribution in [-0.2, 0) is 22.6 Å². The van der Waals surface area contributed by atoms with E-state index in [4.69, 9.17) is 23.2 Å². The van der Waals surface area contributed by atoms with Gasteiger partial charge in [-0.2, -0.15) is 0 Å². The highest BCUT2D eigenvalue weighted by atomic mass is 35.5. The third-order valence-corrected chi connectivity index (χ3v) is 5.80. The molecule has 11 heteroatoms. The van der Waals surface area contributed by atoms with Crippen molar-refractivity contribution in [3.63, 3.8) is 0 Å². The van der Waals surface area contributed by atoms with Crippen LogP contribution in [0.4, 0.5) is 0 Å². The second kappa shape index (κ2) is 9.73. The van der Waals surface area contributed by atoms with Gasteiger partial charge in [0.05, 0.1) is 29.6 Å². The van der Waals surface area contributed by atoms with Crippen molar-refractivity contribution in [3.8, 4) is 5.75 Å². The predicted molar refractivity (Wildman–Crippen MR) is 129 cm³/mol.